The lowest BCUT2D eigenvalue weighted by atomic mass is 10.4. The van der Waals surface area contributed by atoms with Crippen LogP contribution >= 0.6 is 23.8 Å². The molecule has 0 saturated carbocycles. The van der Waals surface area contributed by atoms with Gasteiger partial charge in [-0.05, 0) is 42.6 Å². The fourth-order valence-corrected chi connectivity index (χ4v) is 1.61. The zero-order chi connectivity index (χ0) is 14.4. The lowest BCUT2D eigenvalue weighted by Crippen LogP contribution is -2.33. The first-order chi connectivity index (χ1) is 9.63. The maximum Gasteiger partial charge on any atom is 0.250 e. The summed E-state index contributed by atoms with van der Waals surface area (Å²) in [7, 11) is 0. The third kappa shape index (κ3) is 4.49. The normalized spacial score (nSPS) is 10.4. The van der Waals surface area contributed by atoms with Crippen LogP contribution in [0.5, 0.6) is 0 Å². The number of nitrogens with zero attached hydrogens (tertiary/aromatic N) is 1. The molecule has 2 aromatic rings. The number of halogens is 1. The topological polar surface area (TPSA) is 67.2 Å². The number of hydrogen-bond acceptors (Lipinski definition) is 4. The standard InChI is InChI=1S/C13H10ClN3O2S/c14-9-3-5-11(15-8-9)16-13(20)17-12(18)6-4-10-2-1-7-19-10/h1-8H,(H2,15,16,17,18,20). The smallest absolute Gasteiger partial charge is 0.250 e. The van der Waals surface area contributed by atoms with Crippen molar-refractivity contribution in [2.24, 2.45) is 0 Å². The lowest BCUT2D eigenvalue weighted by molar-refractivity contribution is -0.115. The molecule has 102 valence electrons. The third-order valence-corrected chi connectivity index (χ3v) is 2.58. The lowest BCUT2D eigenvalue weighted by Gasteiger charge is -2.06. The summed E-state index contributed by atoms with van der Waals surface area (Å²) < 4.78 is 5.06. The Kier molecular flexibility index (Phi) is 4.86. The predicted molar refractivity (Wildman–Crippen MR) is 81.4 cm³/mol. The minimum atomic E-state index is -0.368. The van der Waals surface area contributed by atoms with Crippen LogP contribution < -0.4 is 10.6 Å². The molecule has 0 radical (unpaired) electrons. The summed E-state index contributed by atoms with van der Waals surface area (Å²) in [5.74, 6) is 0.709. The molecule has 2 N–H and O–H groups in total. The van der Waals surface area contributed by atoms with E-state index in [1.54, 1.807) is 30.3 Å². The number of hydrogen-bond donors (Lipinski definition) is 2. The van der Waals surface area contributed by atoms with Crippen LogP contribution in [0, 0.1) is 0 Å². The van der Waals surface area contributed by atoms with Crippen molar-refractivity contribution >= 4 is 46.7 Å². The number of amides is 1. The zero-order valence-corrected chi connectivity index (χ0v) is 11.7. The highest BCUT2D eigenvalue weighted by atomic mass is 35.5. The van der Waals surface area contributed by atoms with Gasteiger partial charge in [-0.15, -0.1) is 0 Å². The van der Waals surface area contributed by atoms with E-state index in [1.807, 2.05) is 0 Å². The fourth-order valence-electron chi connectivity index (χ4n) is 1.29. The summed E-state index contributed by atoms with van der Waals surface area (Å²) in [6, 6.07) is 6.78. The molecule has 0 aliphatic rings. The SMILES string of the molecule is O=C(C=Cc1ccco1)NC(=S)Nc1ccc(Cl)cn1. The molecule has 0 bridgehead atoms. The van der Waals surface area contributed by atoms with Gasteiger partial charge in [-0.1, -0.05) is 11.6 Å². The van der Waals surface area contributed by atoms with Crippen LogP contribution in [0.1, 0.15) is 5.76 Å². The highest BCUT2D eigenvalue weighted by Gasteiger charge is 2.02. The molecule has 2 aromatic heterocycles. The number of carbonyl (C=O) groups excluding carboxylic acids is 1. The summed E-state index contributed by atoms with van der Waals surface area (Å²) in [6.07, 6.45) is 5.86. The average molecular weight is 308 g/mol. The maximum atomic E-state index is 11.6. The Morgan fingerprint density at radius 1 is 1.40 bits per heavy atom. The minimum Gasteiger partial charge on any atom is -0.465 e. The Morgan fingerprint density at radius 2 is 2.25 bits per heavy atom. The molecular weight excluding hydrogens is 298 g/mol. The first kappa shape index (κ1) is 14.2. The summed E-state index contributed by atoms with van der Waals surface area (Å²) >= 11 is 10.7. The molecule has 1 amide bonds. The van der Waals surface area contributed by atoms with Crippen LogP contribution in [0.3, 0.4) is 0 Å². The molecule has 0 atom stereocenters. The van der Waals surface area contributed by atoms with Gasteiger partial charge in [0.15, 0.2) is 5.11 Å². The van der Waals surface area contributed by atoms with Crippen molar-refractivity contribution in [1.29, 1.82) is 0 Å². The highest BCUT2D eigenvalue weighted by molar-refractivity contribution is 7.80. The van der Waals surface area contributed by atoms with Crippen molar-refractivity contribution < 1.29 is 9.21 Å². The maximum absolute atomic E-state index is 11.6. The largest absolute Gasteiger partial charge is 0.465 e. The van der Waals surface area contributed by atoms with Crippen molar-refractivity contribution in [3.63, 3.8) is 0 Å². The molecule has 20 heavy (non-hydrogen) atoms. The van der Waals surface area contributed by atoms with Crippen molar-refractivity contribution in [3.8, 4) is 0 Å². The van der Waals surface area contributed by atoms with E-state index < -0.39 is 0 Å². The van der Waals surface area contributed by atoms with Gasteiger partial charge in [-0.2, -0.15) is 0 Å². The van der Waals surface area contributed by atoms with Crippen molar-refractivity contribution in [2.75, 3.05) is 5.32 Å². The van der Waals surface area contributed by atoms with Gasteiger partial charge in [0.25, 0.3) is 0 Å². The number of thiocarbonyl (C=S) groups is 1. The van der Waals surface area contributed by atoms with Gasteiger partial charge >= 0.3 is 0 Å². The van der Waals surface area contributed by atoms with Gasteiger partial charge in [0, 0.05) is 12.3 Å². The monoisotopic (exact) mass is 307 g/mol. The van der Waals surface area contributed by atoms with Gasteiger partial charge in [0.2, 0.25) is 5.91 Å². The van der Waals surface area contributed by atoms with E-state index in [9.17, 15) is 4.79 Å². The average Bonchev–Trinajstić information content (AvgIpc) is 2.92. The first-order valence-corrected chi connectivity index (χ1v) is 6.37. The number of pyridine rings is 1. The molecule has 0 unspecified atom stereocenters. The van der Waals surface area contributed by atoms with E-state index in [1.165, 1.54) is 18.5 Å². The molecule has 0 aromatic carbocycles. The third-order valence-electron chi connectivity index (χ3n) is 2.15. The quantitative estimate of drug-likeness (QED) is 0.674. The van der Waals surface area contributed by atoms with Crippen molar-refractivity contribution in [2.45, 2.75) is 0 Å². The van der Waals surface area contributed by atoms with Crippen molar-refractivity contribution in [3.05, 3.63) is 53.6 Å². The zero-order valence-electron chi connectivity index (χ0n) is 10.2. The number of rotatable bonds is 3. The second kappa shape index (κ2) is 6.83. The van der Waals surface area contributed by atoms with Crippen LogP contribution in [0.4, 0.5) is 5.82 Å². The Bertz CT molecular complexity index is 624. The van der Waals surface area contributed by atoms with Crippen LogP contribution in [-0.2, 0) is 4.79 Å². The predicted octanol–water partition coefficient (Wildman–Crippen LogP) is 2.85. The summed E-state index contributed by atoms with van der Waals surface area (Å²) in [5, 5.41) is 5.92. The molecule has 5 nitrogen and oxygen atoms in total. The van der Waals surface area contributed by atoms with Crippen LogP contribution in [0.2, 0.25) is 5.02 Å². The Balaban J connectivity index is 1.85. The molecule has 0 spiro atoms. The molecule has 0 fully saturated rings. The number of aromatic nitrogens is 1. The van der Waals surface area contributed by atoms with Gasteiger partial charge in [-0.25, -0.2) is 4.98 Å². The Morgan fingerprint density at radius 3 is 2.90 bits per heavy atom. The van der Waals surface area contributed by atoms with Gasteiger partial charge in [-0.3, -0.25) is 10.1 Å². The second-order valence-corrected chi connectivity index (χ2v) is 4.50. The molecular formula is C13H10ClN3O2S. The van der Waals surface area contributed by atoms with Gasteiger partial charge in [0.1, 0.15) is 11.6 Å². The number of carbonyl (C=O) groups is 1. The molecule has 2 heterocycles. The van der Waals surface area contributed by atoms with Crippen molar-refractivity contribution in [1.82, 2.24) is 10.3 Å². The van der Waals surface area contributed by atoms with Gasteiger partial charge in [0.05, 0.1) is 11.3 Å². The number of anilines is 1. The number of nitrogens with one attached hydrogen (secondary N) is 2. The van der Waals surface area contributed by atoms with Crippen LogP contribution in [0.25, 0.3) is 6.08 Å². The summed E-state index contributed by atoms with van der Waals surface area (Å²) in [6.45, 7) is 0. The molecule has 2 rings (SSSR count). The summed E-state index contributed by atoms with van der Waals surface area (Å²) in [4.78, 5) is 15.6. The van der Waals surface area contributed by atoms with E-state index in [0.717, 1.165) is 0 Å². The second-order valence-electron chi connectivity index (χ2n) is 3.65. The van der Waals surface area contributed by atoms with E-state index >= 15 is 0 Å². The highest BCUT2D eigenvalue weighted by Crippen LogP contribution is 2.09. The van der Waals surface area contributed by atoms with Crippen LogP contribution in [0.15, 0.2) is 47.2 Å². The number of furan rings is 1. The van der Waals surface area contributed by atoms with E-state index in [4.69, 9.17) is 28.2 Å². The van der Waals surface area contributed by atoms with Crippen LogP contribution in [-0.4, -0.2) is 16.0 Å². The molecule has 0 aliphatic carbocycles. The van der Waals surface area contributed by atoms with Gasteiger partial charge < -0.3 is 9.73 Å². The summed E-state index contributed by atoms with van der Waals surface area (Å²) in [5.41, 5.74) is 0. The van der Waals surface area contributed by atoms with E-state index in [0.29, 0.717) is 16.6 Å². The molecule has 7 heteroatoms. The molecule has 0 aliphatic heterocycles. The molecule has 0 saturated heterocycles. The first-order valence-electron chi connectivity index (χ1n) is 5.58. The Labute approximate surface area is 125 Å². The fraction of sp³-hybridized carbons (Fsp3) is 0. The Hall–Kier alpha value is -2.18. The minimum absolute atomic E-state index is 0.147. The van der Waals surface area contributed by atoms with E-state index in [-0.39, 0.29) is 11.0 Å². The van der Waals surface area contributed by atoms with E-state index in [2.05, 4.69) is 15.6 Å².